The Balaban J connectivity index is 1.35. The molecular formula is C30H29O7S-. The summed E-state index contributed by atoms with van der Waals surface area (Å²) in [6.45, 7) is 6.48. The van der Waals surface area contributed by atoms with E-state index in [1.807, 2.05) is 24.3 Å². The van der Waals surface area contributed by atoms with Crippen LogP contribution >= 0.6 is 0 Å². The molecule has 0 aromatic heterocycles. The molecule has 0 saturated carbocycles. The SMILES string of the molecule is Cc1cc(S(=O)(=O)[O-])c(C(C)C)cc1OC(=O)C(C)OC(=O)C1CC2c3ccccc3C1c1ccccc12. The molecule has 3 aromatic rings. The molecule has 3 aliphatic carbocycles. The summed E-state index contributed by atoms with van der Waals surface area (Å²) in [7, 11) is -4.70. The number of esters is 2. The van der Waals surface area contributed by atoms with Crippen molar-refractivity contribution in [2.24, 2.45) is 5.92 Å². The third-order valence-corrected chi connectivity index (χ3v) is 8.53. The summed E-state index contributed by atoms with van der Waals surface area (Å²) in [6.07, 6.45) is -0.584. The van der Waals surface area contributed by atoms with Crippen molar-refractivity contribution in [1.29, 1.82) is 0 Å². The fourth-order valence-corrected chi connectivity index (χ4v) is 6.73. The molecule has 3 aliphatic rings. The quantitative estimate of drug-likeness (QED) is 0.245. The molecule has 0 heterocycles. The van der Waals surface area contributed by atoms with Crippen LogP contribution in [0.4, 0.5) is 0 Å². The molecule has 3 aromatic carbocycles. The van der Waals surface area contributed by atoms with Gasteiger partial charge in [-0.15, -0.1) is 0 Å². The predicted molar refractivity (Wildman–Crippen MR) is 139 cm³/mol. The number of benzene rings is 3. The summed E-state index contributed by atoms with van der Waals surface area (Å²) in [5.41, 5.74) is 5.26. The Bertz CT molecular complexity index is 1490. The highest BCUT2D eigenvalue weighted by Gasteiger charge is 2.47. The second kappa shape index (κ2) is 9.67. The fourth-order valence-electron chi connectivity index (χ4n) is 5.82. The summed E-state index contributed by atoms with van der Waals surface area (Å²) in [5.74, 6) is -1.92. The zero-order valence-electron chi connectivity index (χ0n) is 21.6. The fraction of sp³-hybridized carbons (Fsp3) is 0.333. The number of hydrogen-bond donors (Lipinski definition) is 0. The monoisotopic (exact) mass is 533 g/mol. The standard InChI is InChI=1S/C30H30O7S/c1-16(2)23-15-26(17(3)13-27(23)38(33,34)35)37-29(31)18(4)36-30(32)25-14-24-19-9-5-7-11-21(19)28(25)22-12-8-6-10-20(22)24/h5-13,15-16,18,24-25,28H,14H2,1-4H3,(H,33,34,35)/p-1. The van der Waals surface area contributed by atoms with Crippen LogP contribution in [0.3, 0.4) is 0 Å². The number of aryl methyl sites for hydroxylation is 1. The summed E-state index contributed by atoms with van der Waals surface area (Å²) < 4.78 is 46.3. The third kappa shape index (κ3) is 4.52. The van der Waals surface area contributed by atoms with E-state index >= 15 is 0 Å². The molecule has 7 nitrogen and oxygen atoms in total. The average molecular weight is 534 g/mol. The molecule has 0 amide bonds. The van der Waals surface area contributed by atoms with Crippen LogP contribution in [-0.4, -0.2) is 31.0 Å². The average Bonchev–Trinajstić information content (AvgIpc) is 2.88. The van der Waals surface area contributed by atoms with E-state index in [1.165, 1.54) is 30.2 Å². The molecule has 0 aliphatic heterocycles. The van der Waals surface area contributed by atoms with Gasteiger partial charge in [0.05, 0.1) is 10.8 Å². The van der Waals surface area contributed by atoms with Crippen LogP contribution in [0.2, 0.25) is 0 Å². The van der Waals surface area contributed by atoms with E-state index in [0.717, 1.165) is 11.1 Å². The van der Waals surface area contributed by atoms with Crippen LogP contribution in [0, 0.1) is 12.8 Å². The molecule has 2 atom stereocenters. The second-order valence-corrected chi connectivity index (χ2v) is 11.7. The molecule has 2 unspecified atom stereocenters. The summed E-state index contributed by atoms with van der Waals surface area (Å²) >= 11 is 0. The van der Waals surface area contributed by atoms with Crippen molar-refractivity contribution in [3.8, 4) is 5.75 Å². The van der Waals surface area contributed by atoms with E-state index in [1.54, 1.807) is 20.8 Å². The first-order valence-electron chi connectivity index (χ1n) is 12.7. The lowest BCUT2D eigenvalue weighted by atomic mass is 9.59. The van der Waals surface area contributed by atoms with Gasteiger partial charge in [0.2, 0.25) is 0 Å². The van der Waals surface area contributed by atoms with Gasteiger partial charge < -0.3 is 14.0 Å². The third-order valence-electron chi connectivity index (χ3n) is 7.64. The molecule has 0 saturated heterocycles. The first kappa shape index (κ1) is 26.1. The smallest absolute Gasteiger partial charge is 0.352 e. The van der Waals surface area contributed by atoms with Gasteiger partial charge in [0.15, 0.2) is 6.10 Å². The van der Waals surface area contributed by atoms with Crippen molar-refractivity contribution in [3.63, 3.8) is 0 Å². The van der Waals surface area contributed by atoms with Crippen LogP contribution < -0.4 is 4.74 Å². The normalized spacial score (nSPS) is 20.4. The zero-order valence-corrected chi connectivity index (χ0v) is 22.4. The summed E-state index contributed by atoms with van der Waals surface area (Å²) in [5, 5.41) is 0. The Morgan fingerprint density at radius 2 is 1.47 bits per heavy atom. The van der Waals surface area contributed by atoms with Crippen molar-refractivity contribution in [2.45, 2.75) is 62.9 Å². The van der Waals surface area contributed by atoms with E-state index in [2.05, 4.69) is 24.3 Å². The van der Waals surface area contributed by atoms with Gasteiger partial charge in [0.25, 0.3) is 0 Å². The lowest BCUT2D eigenvalue weighted by Gasteiger charge is -2.44. The maximum absolute atomic E-state index is 13.4. The van der Waals surface area contributed by atoms with Crippen molar-refractivity contribution in [3.05, 3.63) is 94.0 Å². The zero-order chi connectivity index (χ0) is 27.4. The Hall–Kier alpha value is -3.49. The van der Waals surface area contributed by atoms with E-state index in [9.17, 15) is 22.6 Å². The maximum Gasteiger partial charge on any atom is 0.352 e. The number of carbonyl (C=O) groups excluding carboxylic acids is 2. The van der Waals surface area contributed by atoms with Crippen molar-refractivity contribution < 1.29 is 32.0 Å². The van der Waals surface area contributed by atoms with Crippen LogP contribution in [0.5, 0.6) is 5.75 Å². The number of hydrogen-bond acceptors (Lipinski definition) is 7. The number of rotatable bonds is 6. The van der Waals surface area contributed by atoms with Crippen LogP contribution in [0.25, 0.3) is 0 Å². The van der Waals surface area contributed by atoms with E-state index in [0.29, 0.717) is 12.0 Å². The molecule has 0 fully saturated rings. The minimum Gasteiger partial charge on any atom is -0.744 e. The topological polar surface area (TPSA) is 110 Å². The number of carbonyl (C=O) groups is 2. The van der Waals surface area contributed by atoms with E-state index < -0.39 is 34.1 Å². The van der Waals surface area contributed by atoms with E-state index in [-0.39, 0.29) is 34.0 Å². The lowest BCUT2D eigenvalue weighted by Crippen LogP contribution is -2.39. The molecule has 6 rings (SSSR count). The van der Waals surface area contributed by atoms with Gasteiger partial charge in [0, 0.05) is 11.8 Å². The predicted octanol–water partition coefficient (Wildman–Crippen LogP) is 5.16. The Morgan fingerprint density at radius 3 is 2.00 bits per heavy atom. The van der Waals surface area contributed by atoms with Gasteiger partial charge in [-0.1, -0.05) is 62.4 Å². The van der Waals surface area contributed by atoms with Crippen LogP contribution in [0.1, 0.15) is 78.3 Å². The molecule has 198 valence electrons. The van der Waals surface area contributed by atoms with Gasteiger partial charge in [0.1, 0.15) is 15.9 Å². The number of fused-ring (bicyclic) bond motifs is 1. The van der Waals surface area contributed by atoms with Crippen LogP contribution in [0.15, 0.2) is 65.6 Å². The summed E-state index contributed by atoms with van der Waals surface area (Å²) in [4.78, 5) is 26.0. The van der Waals surface area contributed by atoms with Gasteiger partial charge in [-0.05, 0) is 71.7 Å². The molecule has 0 spiro atoms. The van der Waals surface area contributed by atoms with Crippen molar-refractivity contribution in [2.75, 3.05) is 0 Å². The Kier molecular flexibility index (Phi) is 6.65. The molecule has 8 heteroatoms. The van der Waals surface area contributed by atoms with Gasteiger partial charge in [-0.25, -0.2) is 13.2 Å². The maximum atomic E-state index is 13.4. The van der Waals surface area contributed by atoms with Gasteiger partial charge in [-0.2, -0.15) is 0 Å². The molecule has 38 heavy (non-hydrogen) atoms. The minimum atomic E-state index is -4.70. The van der Waals surface area contributed by atoms with Crippen LogP contribution in [-0.2, 0) is 24.4 Å². The van der Waals surface area contributed by atoms with Crippen molar-refractivity contribution >= 4 is 22.1 Å². The molecular weight excluding hydrogens is 504 g/mol. The first-order valence-corrected chi connectivity index (χ1v) is 14.1. The summed E-state index contributed by atoms with van der Waals surface area (Å²) in [6, 6.07) is 18.9. The highest BCUT2D eigenvalue weighted by Crippen LogP contribution is 2.55. The lowest BCUT2D eigenvalue weighted by molar-refractivity contribution is -0.165. The Morgan fingerprint density at radius 1 is 0.921 bits per heavy atom. The molecule has 0 radical (unpaired) electrons. The first-order chi connectivity index (χ1) is 18.0. The highest BCUT2D eigenvalue weighted by atomic mass is 32.2. The second-order valence-electron chi connectivity index (χ2n) is 10.4. The van der Waals surface area contributed by atoms with Gasteiger partial charge >= 0.3 is 11.9 Å². The largest absolute Gasteiger partial charge is 0.744 e. The number of ether oxygens (including phenoxy) is 2. The molecule has 0 N–H and O–H groups in total. The Labute approximate surface area is 222 Å². The minimum absolute atomic E-state index is 0.0834. The molecule has 2 bridgehead atoms. The van der Waals surface area contributed by atoms with Crippen molar-refractivity contribution in [1.82, 2.24) is 0 Å². The van der Waals surface area contributed by atoms with E-state index in [4.69, 9.17) is 9.47 Å². The highest BCUT2D eigenvalue weighted by molar-refractivity contribution is 7.85. The van der Waals surface area contributed by atoms with Gasteiger partial charge in [-0.3, -0.25) is 4.79 Å².